The molecule has 8 rings (SSSR count). The van der Waals surface area contributed by atoms with Crippen molar-refractivity contribution in [2.24, 2.45) is 5.92 Å². The zero-order chi connectivity index (χ0) is 44.6. The minimum absolute atomic E-state index is 0.0438. The molecule has 1 unspecified atom stereocenters. The summed E-state index contributed by atoms with van der Waals surface area (Å²) in [6.45, 7) is 5.86. The number of piperazine rings is 1. The molecule has 5 amide bonds. The predicted octanol–water partition coefficient (Wildman–Crippen LogP) is 6.15. The number of benzene rings is 4. The van der Waals surface area contributed by atoms with E-state index < -0.39 is 17.8 Å². The van der Waals surface area contributed by atoms with Gasteiger partial charge >= 0.3 is 0 Å². The van der Waals surface area contributed by atoms with Gasteiger partial charge in [-0.05, 0) is 104 Å². The van der Waals surface area contributed by atoms with Crippen molar-refractivity contribution in [1.29, 1.82) is 0 Å². The number of aromatic nitrogens is 2. The second kappa shape index (κ2) is 20.1. The number of carbonyl (C=O) groups is 5. The van der Waals surface area contributed by atoms with Crippen LogP contribution in [-0.2, 0) is 20.8 Å². The van der Waals surface area contributed by atoms with Crippen LogP contribution in [0.5, 0.6) is 0 Å². The Morgan fingerprint density at radius 3 is 2.12 bits per heavy atom. The van der Waals surface area contributed by atoms with E-state index >= 15 is 0 Å². The summed E-state index contributed by atoms with van der Waals surface area (Å²) in [6, 6.07) is 27.6. The first-order chi connectivity index (χ1) is 31.0. The highest BCUT2D eigenvalue weighted by Gasteiger charge is 2.29. The minimum atomic E-state index is -0.709. The number of para-hydroxylation sites is 1. The van der Waals surface area contributed by atoms with Gasteiger partial charge in [-0.3, -0.25) is 34.2 Å². The number of nitrogens with zero attached hydrogens (tertiary/aromatic N) is 5. The van der Waals surface area contributed by atoms with Crippen LogP contribution in [0.15, 0.2) is 103 Å². The van der Waals surface area contributed by atoms with Crippen LogP contribution in [0.3, 0.4) is 0 Å². The van der Waals surface area contributed by atoms with Crippen molar-refractivity contribution in [3.63, 3.8) is 0 Å². The first-order valence-corrected chi connectivity index (χ1v) is 21.7. The molecule has 3 aliphatic heterocycles. The summed E-state index contributed by atoms with van der Waals surface area (Å²) in [5, 5.41) is 14.2. The highest BCUT2D eigenvalue weighted by Crippen LogP contribution is 2.27. The molecule has 4 heterocycles. The maximum Gasteiger partial charge on any atom is 0.255 e. The average molecular weight is 887 g/mol. The standard InChI is InChI=1S/C47H48ClFN10O5/c48-37-3-1-2-4-39(37)53-44(62)32-7-13-34(14-8-32)51-43-38(49)28-50-47(56-43)52-35-11-5-30(6-12-35)27-42(61)59-25-23-57(24-26-59)29-31-19-21-58(22-20-31)36-15-9-33(10-16-36)45(63)54-40-17-18-41(60)55-46(40)64/h1-16,28,31,40H,17-27,29H2,(H,53,62)(H,54,63)(H,55,60,64)(H2,50,51,52,56). The maximum atomic E-state index is 14.7. The number of imide groups is 1. The molecule has 1 atom stereocenters. The number of piperidine rings is 2. The van der Waals surface area contributed by atoms with Gasteiger partial charge in [0, 0.05) is 80.4 Å². The van der Waals surface area contributed by atoms with E-state index in [4.69, 9.17) is 11.6 Å². The van der Waals surface area contributed by atoms with Gasteiger partial charge in [-0.1, -0.05) is 35.9 Å². The molecule has 3 aliphatic rings. The zero-order valence-corrected chi connectivity index (χ0v) is 35.7. The second-order valence-corrected chi connectivity index (χ2v) is 16.6. The van der Waals surface area contributed by atoms with Crippen LogP contribution in [0.4, 0.5) is 38.9 Å². The third-order valence-electron chi connectivity index (χ3n) is 11.7. The largest absolute Gasteiger partial charge is 0.372 e. The summed E-state index contributed by atoms with van der Waals surface area (Å²) in [7, 11) is 0. The molecule has 0 radical (unpaired) electrons. The van der Waals surface area contributed by atoms with Gasteiger partial charge in [0.15, 0.2) is 11.6 Å². The molecule has 0 aliphatic carbocycles. The van der Waals surface area contributed by atoms with Crippen LogP contribution in [0, 0.1) is 11.7 Å². The Bertz CT molecular complexity index is 2490. The number of nitrogens with one attached hydrogen (secondary N) is 5. The van der Waals surface area contributed by atoms with E-state index in [0.29, 0.717) is 58.6 Å². The van der Waals surface area contributed by atoms with Crippen molar-refractivity contribution in [2.75, 3.05) is 66.7 Å². The summed E-state index contributed by atoms with van der Waals surface area (Å²) in [5.41, 5.74) is 4.49. The predicted molar refractivity (Wildman–Crippen MR) is 243 cm³/mol. The molecule has 330 valence electrons. The molecule has 4 aromatic carbocycles. The van der Waals surface area contributed by atoms with Crippen molar-refractivity contribution in [3.8, 4) is 0 Å². The van der Waals surface area contributed by atoms with Gasteiger partial charge in [0.2, 0.25) is 23.7 Å². The minimum Gasteiger partial charge on any atom is -0.372 e. The Balaban J connectivity index is 0.742. The molecule has 0 bridgehead atoms. The van der Waals surface area contributed by atoms with E-state index in [2.05, 4.69) is 46.4 Å². The summed E-state index contributed by atoms with van der Waals surface area (Å²) in [4.78, 5) is 77.3. The fourth-order valence-corrected chi connectivity index (χ4v) is 8.23. The lowest BCUT2D eigenvalue weighted by molar-refractivity contribution is -0.135. The number of hydrogen-bond acceptors (Lipinski definition) is 11. The molecular weight excluding hydrogens is 839 g/mol. The molecule has 64 heavy (non-hydrogen) atoms. The molecule has 5 N–H and O–H groups in total. The summed E-state index contributed by atoms with van der Waals surface area (Å²) in [6.07, 6.45) is 3.96. The van der Waals surface area contributed by atoms with E-state index in [1.807, 2.05) is 41.3 Å². The highest BCUT2D eigenvalue weighted by atomic mass is 35.5. The topological polar surface area (TPSA) is 181 Å². The Morgan fingerprint density at radius 2 is 1.42 bits per heavy atom. The van der Waals surface area contributed by atoms with Gasteiger partial charge in [0.05, 0.1) is 23.3 Å². The van der Waals surface area contributed by atoms with Crippen molar-refractivity contribution in [1.82, 2.24) is 30.4 Å². The molecule has 3 fully saturated rings. The number of carbonyl (C=O) groups excluding carboxylic acids is 5. The third-order valence-corrected chi connectivity index (χ3v) is 12.1. The first-order valence-electron chi connectivity index (χ1n) is 21.3. The quantitative estimate of drug-likeness (QED) is 0.0857. The zero-order valence-electron chi connectivity index (χ0n) is 35.0. The third kappa shape index (κ3) is 11.2. The highest BCUT2D eigenvalue weighted by molar-refractivity contribution is 6.33. The number of amides is 5. The van der Waals surface area contributed by atoms with Gasteiger partial charge in [-0.15, -0.1) is 0 Å². The van der Waals surface area contributed by atoms with E-state index in [-0.39, 0.29) is 48.2 Å². The number of hydrogen-bond donors (Lipinski definition) is 5. The van der Waals surface area contributed by atoms with Gasteiger partial charge in [-0.25, -0.2) is 9.37 Å². The van der Waals surface area contributed by atoms with Crippen molar-refractivity contribution in [2.45, 2.75) is 38.1 Å². The molecule has 3 saturated heterocycles. The van der Waals surface area contributed by atoms with Gasteiger partial charge in [-0.2, -0.15) is 4.98 Å². The Morgan fingerprint density at radius 1 is 0.766 bits per heavy atom. The van der Waals surface area contributed by atoms with Gasteiger partial charge in [0.25, 0.3) is 11.8 Å². The normalized spacial score (nSPS) is 17.1. The van der Waals surface area contributed by atoms with Gasteiger partial charge < -0.3 is 31.1 Å². The fraction of sp³-hybridized carbons (Fsp3) is 0.298. The maximum absolute atomic E-state index is 14.7. The molecule has 17 heteroatoms. The first kappa shape index (κ1) is 43.7. The van der Waals surface area contributed by atoms with Crippen LogP contribution in [0.25, 0.3) is 0 Å². The number of rotatable bonds is 13. The lowest BCUT2D eigenvalue weighted by Crippen LogP contribution is -2.52. The Hall–Kier alpha value is -6.91. The van der Waals surface area contributed by atoms with Crippen LogP contribution in [0.1, 0.15) is 52.0 Å². The summed E-state index contributed by atoms with van der Waals surface area (Å²) in [5.74, 6) is -1.33. The van der Waals surface area contributed by atoms with Crippen LogP contribution < -0.4 is 31.5 Å². The molecule has 1 aromatic heterocycles. The Labute approximate surface area is 374 Å². The molecule has 0 saturated carbocycles. The molecule has 15 nitrogen and oxygen atoms in total. The molecular formula is C47H48ClFN10O5. The summed E-state index contributed by atoms with van der Waals surface area (Å²) >= 11 is 6.16. The lowest BCUT2D eigenvalue weighted by atomic mass is 9.95. The van der Waals surface area contributed by atoms with Crippen LogP contribution >= 0.6 is 11.6 Å². The van der Waals surface area contributed by atoms with Crippen LogP contribution in [0.2, 0.25) is 5.02 Å². The lowest BCUT2D eigenvalue weighted by Gasteiger charge is -2.39. The van der Waals surface area contributed by atoms with Crippen molar-refractivity contribution < 1.29 is 28.4 Å². The van der Waals surface area contributed by atoms with E-state index in [1.165, 1.54) is 0 Å². The monoisotopic (exact) mass is 886 g/mol. The second-order valence-electron chi connectivity index (χ2n) is 16.2. The van der Waals surface area contributed by atoms with Crippen molar-refractivity contribution in [3.05, 3.63) is 131 Å². The number of anilines is 6. The molecule has 0 spiro atoms. The van der Waals surface area contributed by atoms with Crippen molar-refractivity contribution >= 4 is 75.7 Å². The SMILES string of the molecule is O=C1CCC(NC(=O)c2ccc(N3CCC(CN4CCN(C(=O)Cc5ccc(Nc6ncc(F)c(Nc7ccc(C(=O)Nc8ccccc8Cl)cc7)n6)cc5)CC4)CC3)cc2)C(=O)N1. The van der Waals surface area contributed by atoms with Gasteiger partial charge in [0.1, 0.15) is 6.04 Å². The number of halogens is 2. The smallest absolute Gasteiger partial charge is 0.255 e. The van der Waals surface area contributed by atoms with Crippen LogP contribution in [-0.4, -0.2) is 101 Å². The van der Waals surface area contributed by atoms with E-state index in [1.54, 1.807) is 60.7 Å². The summed E-state index contributed by atoms with van der Waals surface area (Å²) < 4.78 is 14.7. The van der Waals surface area contributed by atoms with E-state index in [9.17, 15) is 28.4 Å². The molecule has 5 aromatic rings. The van der Waals surface area contributed by atoms with E-state index in [0.717, 1.165) is 63.0 Å². The average Bonchev–Trinajstić information content (AvgIpc) is 3.30. The fourth-order valence-electron chi connectivity index (χ4n) is 8.05. The Kier molecular flexibility index (Phi) is 13.7.